The summed E-state index contributed by atoms with van der Waals surface area (Å²) in [6.07, 6.45) is 6.74. The number of ether oxygens (including phenoxy) is 2. The summed E-state index contributed by atoms with van der Waals surface area (Å²) in [6, 6.07) is 2.51. The van der Waals surface area contributed by atoms with E-state index in [1.807, 2.05) is 31.5 Å². The highest BCUT2D eigenvalue weighted by Crippen LogP contribution is 2.35. The summed E-state index contributed by atoms with van der Waals surface area (Å²) < 4.78 is 15.3. The smallest absolute Gasteiger partial charge is 0.410 e. The SMILES string of the molecule is Cc1nn(C2CCN(C(=O)OC(C)(C)C)CC2)c(C)c1-c1cc(N2CCOC[C@H]2C)nc2c(-c3ncc[nH]3)cnn12. The molecule has 2 fully saturated rings. The van der Waals surface area contributed by atoms with E-state index in [0.29, 0.717) is 26.3 Å². The van der Waals surface area contributed by atoms with E-state index in [4.69, 9.17) is 24.7 Å². The monoisotopic (exact) mass is 561 g/mol. The molecule has 4 aromatic rings. The molecule has 0 radical (unpaired) electrons. The van der Waals surface area contributed by atoms with Gasteiger partial charge in [0.25, 0.3) is 0 Å². The molecule has 2 aliphatic rings. The average Bonchev–Trinajstić information content (AvgIpc) is 3.67. The number of piperidine rings is 1. The van der Waals surface area contributed by atoms with Crippen molar-refractivity contribution < 1.29 is 14.3 Å². The van der Waals surface area contributed by atoms with Crippen LogP contribution in [0.1, 0.15) is 58.0 Å². The first kappa shape index (κ1) is 27.3. The first-order valence-electron chi connectivity index (χ1n) is 14.4. The maximum absolute atomic E-state index is 12.6. The molecule has 12 heteroatoms. The molecule has 12 nitrogen and oxygen atoms in total. The fourth-order valence-electron chi connectivity index (χ4n) is 5.93. The number of aromatic nitrogens is 7. The van der Waals surface area contributed by atoms with Gasteiger partial charge in [-0.3, -0.25) is 4.68 Å². The molecule has 0 aromatic carbocycles. The summed E-state index contributed by atoms with van der Waals surface area (Å²) in [6.45, 7) is 15.4. The molecule has 0 unspecified atom stereocenters. The van der Waals surface area contributed by atoms with Gasteiger partial charge in [-0.15, -0.1) is 0 Å². The summed E-state index contributed by atoms with van der Waals surface area (Å²) in [7, 11) is 0. The second kappa shape index (κ2) is 10.5. The van der Waals surface area contributed by atoms with Crippen molar-refractivity contribution in [2.75, 3.05) is 37.7 Å². The topological polar surface area (TPSA) is 119 Å². The van der Waals surface area contributed by atoms with Gasteiger partial charge in [0.1, 0.15) is 17.2 Å². The van der Waals surface area contributed by atoms with Crippen molar-refractivity contribution in [2.45, 2.75) is 72.1 Å². The number of hydrogen-bond acceptors (Lipinski definition) is 8. The molecule has 218 valence electrons. The van der Waals surface area contributed by atoms with Gasteiger partial charge in [0, 0.05) is 49.4 Å². The van der Waals surface area contributed by atoms with Gasteiger partial charge in [0.2, 0.25) is 0 Å². The molecule has 0 spiro atoms. The van der Waals surface area contributed by atoms with Crippen LogP contribution in [0.25, 0.3) is 28.3 Å². The van der Waals surface area contributed by atoms with Crippen molar-refractivity contribution in [1.82, 2.24) is 39.2 Å². The zero-order valence-corrected chi connectivity index (χ0v) is 24.7. The van der Waals surface area contributed by atoms with Crippen LogP contribution >= 0.6 is 0 Å². The number of aromatic amines is 1. The van der Waals surface area contributed by atoms with Crippen molar-refractivity contribution in [3.8, 4) is 22.6 Å². The van der Waals surface area contributed by atoms with Crippen LogP contribution in [0, 0.1) is 13.8 Å². The van der Waals surface area contributed by atoms with Crippen LogP contribution in [0.4, 0.5) is 10.6 Å². The Morgan fingerprint density at radius 2 is 1.95 bits per heavy atom. The zero-order valence-electron chi connectivity index (χ0n) is 24.7. The second-order valence-corrected chi connectivity index (χ2v) is 12.0. The minimum absolute atomic E-state index is 0.188. The highest BCUT2D eigenvalue weighted by Gasteiger charge is 2.31. The largest absolute Gasteiger partial charge is 0.444 e. The standard InChI is InChI=1S/C29H39N9O3/c1-18-17-40-14-13-36(18)24-15-23(38-27(33-24)22(16-32-38)26-30-9-10-31-26)25-19(2)34-37(20(25)3)21-7-11-35(12-8-21)28(39)41-29(4,5)6/h9-10,15-16,18,21H,7-8,11-14,17H2,1-6H3,(H,30,31)/t18-/m1/s1. The van der Waals surface area contributed by atoms with Crippen molar-refractivity contribution in [3.05, 3.63) is 36.0 Å². The summed E-state index contributed by atoms with van der Waals surface area (Å²) in [4.78, 5) is 29.5. The molecule has 41 heavy (non-hydrogen) atoms. The third-order valence-corrected chi connectivity index (χ3v) is 7.92. The minimum atomic E-state index is -0.504. The van der Waals surface area contributed by atoms with E-state index in [2.05, 4.69) is 46.4 Å². The molecule has 0 saturated carbocycles. The number of morpholine rings is 1. The third kappa shape index (κ3) is 5.16. The lowest BCUT2D eigenvalue weighted by Crippen LogP contribution is -2.44. The zero-order chi connectivity index (χ0) is 28.9. The van der Waals surface area contributed by atoms with Crippen LogP contribution < -0.4 is 4.90 Å². The Kier molecular flexibility index (Phi) is 6.96. The first-order valence-corrected chi connectivity index (χ1v) is 14.4. The number of likely N-dealkylation sites (tertiary alicyclic amines) is 1. The summed E-state index contributed by atoms with van der Waals surface area (Å²) in [5.41, 5.74) is 5.06. The number of hydrogen-bond donors (Lipinski definition) is 1. The van der Waals surface area contributed by atoms with Gasteiger partial charge in [-0.25, -0.2) is 19.3 Å². The van der Waals surface area contributed by atoms with E-state index in [1.54, 1.807) is 17.3 Å². The van der Waals surface area contributed by atoms with Crippen LogP contribution in [0.2, 0.25) is 0 Å². The molecule has 4 aromatic heterocycles. The van der Waals surface area contributed by atoms with Crippen molar-refractivity contribution in [3.63, 3.8) is 0 Å². The number of nitrogens with one attached hydrogen (secondary N) is 1. The number of H-pyrrole nitrogens is 1. The molecule has 1 amide bonds. The quantitative estimate of drug-likeness (QED) is 0.390. The Morgan fingerprint density at radius 3 is 2.63 bits per heavy atom. The van der Waals surface area contributed by atoms with Crippen LogP contribution in [-0.4, -0.2) is 89.8 Å². The van der Waals surface area contributed by atoms with E-state index < -0.39 is 5.60 Å². The van der Waals surface area contributed by atoms with Gasteiger partial charge in [0.15, 0.2) is 5.65 Å². The Balaban J connectivity index is 1.37. The van der Waals surface area contributed by atoms with Crippen LogP contribution in [0.15, 0.2) is 24.7 Å². The van der Waals surface area contributed by atoms with Crippen LogP contribution in [-0.2, 0) is 9.47 Å². The van der Waals surface area contributed by atoms with Gasteiger partial charge < -0.3 is 24.3 Å². The summed E-state index contributed by atoms with van der Waals surface area (Å²) in [5, 5.41) is 9.80. The molecular formula is C29H39N9O3. The fraction of sp³-hybridized carbons (Fsp3) is 0.552. The van der Waals surface area contributed by atoms with E-state index in [-0.39, 0.29) is 18.2 Å². The second-order valence-electron chi connectivity index (χ2n) is 12.0. The van der Waals surface area contributed by atoms with E-state index in [9.17, 15) is 4.79 Å². The lowest BCUT2D eigenvalue weighted by atomic mass is 10.0. The average molecular weight is 562 g/mol. The first-order chi connectivity index (χ1) is 19.6. The number of anilines is 1. The molecular weight excluding hydrogens is 522 g/mol. The van der Waals surface area contributed by atoms with E-state index >= 15 is 0 Å². The highest BCUT2D eigenvalue weighted by molar-refractivity contribution is 5.79. The van der Waals surface area contributed by atoms with E-state index in [1.165, 1.54) is 0 Å². The summed E-state index contributed by atoms with van der Waals surface area (Å²) >= 11 is 0. The lowest BCUT2D eigenvalue weighted by Gasteiger charge is -2.34. The van der Waals surface area contributed by atoms with Crippen LogP contribution in [0.3, 0.4) is 0 Å². The van der Waals surface area contributed by atoms with Crippen LogP contribution in [0.5, 0.6) is 0 Å². The number of carbonyl (C=O) groups excluding carboxylic acids is 1. The number of fused-ring (bicyclic) bond motifs is 1. The predicted octanol–water partition coefficient (Wildman–Crippen LogP) is 4.40. The van der Waals surface area contributed by atoms with Gasteiger partial charge >= 0.3 is 6.09 Å². The molecule has 1 N–H and O–H groups in total. The lowest BCUT2D eigenvalue weighted by molar-refractivity contribution is 0.0184. The number of amides is 1. The number of carbonyl (C=O) groups is 1. The molecule has 1 atom stereocenters. The Morgan fingerprint density at radius 1 is 1.17 bits per heavy atom. The van der Waals surface area contributed by atoms with E-state index in [0.717, 1.165) is 64.9 Å². The maximum Gasteiger partial charge on any atom is 0.410 e. The Labute approximate surface area is 239 Å². The molecule has 2 aliphatic heterocycles. The van der Waals surface area contributed by atoms with Gasteiger partial charge in [-0.2, -0.15) is 10.2 Å². The number of nitrogens with zero attached hydrogens (tertiary/aromatic N) is 8. The number of rotatable bonds is 4. The minimum Gasteiger partial charge on any atom is -0.444 e. The normalized spacial score (nSPS) is 18.8. The Hall–Kier alpha value is -3.93. The van der Waals surface area contributed by atoms with Crippen molar-refractivity contribution >= 4 is 17.6 Å². The number of imidazole rings is 1. The fourth-order valence-corrected chi connectivity index (χ4v) is 5.93. The predicted molar refractivity (Wildman–Crippen MR) is 155 cm³/mol. The van der Waals surface area contributed by atoms with Gasteiger partial charge in [0.05, 0.1) is 48.4 Å². The summed E-state index contributed by atoms with van der Waals surface area (Å²) in [5.74, 6) is 1.61. The van der Waals surface area contributed by atoms with Gasteiger partial charge in [-0.1, -0.05) is 0 Å². The molecule has 0 bridgehead atoms. The van der Waals surface area contributed by atoms with Crippen molar-refractivity contribution in [1.29, 1.82) is 0 Å². The van der Waals surface area contributed by atoms with Crippen molar-refractivity contribution in [2.24, 2.45) is 0 Å². The molecule has 0 aliphatic carbocycles. The molecule has 6 rings (SSSR count). The molecule has 6 heterocycles. The highest BCUT2D eigenvalue weighted by atomic mass is 16.6. The van der Waals surface area contributed by atoms with Gasteiger partial charge in [-0.05, 0) is 54.4 Å². The Bertz CT molecular complexity index is 1540. The molecule has 2 saturated heterocycles. The maximum atomic E-state index is 12.6. The third-order valence-electron chi connectivity index (χ3n) is 7.92. The number of aryl methyl sites for hydroxylation is 1.